The minimum Gasteiger partial charge on any atom is -0.459 e. The molecule has 140 valence electrons. The molecule has 0 atom stereocenters. The number of esters is 1. The molecule has 0 aliphatic rings. The van der Waals surface area contributed by atoms with Crippen molar-refractivity contribution >= 4 is 21.6 Å². The number of ether oxygens (including phenoxy) is 1. The number of hydrogen-bond acceptors (Lipinski definition) is 6. The number of carbonyl (C=O) groups excluding carboxylic acids is 2. The van der Waals surface area contributed by atoms with E-state index in [1.807, 2.05) is 0 Å². The van der Waals surface area contributed by atoms with E-state index in [0.29, 0.717) is 0 Å². The summed E-state index contributed by atoms with van der Waals surface area (Å²) in [5.74, 6) is -1.45. The summed E-state index contributed by atoms with van der Waals surface area (Å²) in [5.41, 5.74) is -0.616. The summed E-state index contributed by atoms with van der Waals surface area (Å²) in [6.45, 7) is 4.72. The van der Waals surface area contributed by atoms with Gasteiger partial charge in [-0.3, -0.25) is 14.3 Å². The maximum Gasteiger partial charge on any atom is 0.340 e. The van der Waals surface area contributed by atoms with Crippen molar-refractivity contribution in [3.05, 3.63) is 50.9 Å². The van der Waals surface area contributed by atoms with E-state index in [9.17, 15) is 22.8 Å². The number of aromatic nitrogens is 2. The van der Waals surface area contributed by atoms with Crippen LogP contribution in [0.5, 0.6) is 0 Å². The normalized spacial score (nSPS) is 11.6. The minimum absolute atomic E-state index is 0.0600. The molecule has 2 rings (SSSR count). The summed E-state index contributed by atoms with van der Waals surface area (Å²) >= 11 is 0. The van der Waals surface area contributed by atoms with E-state index in [1.165, 1.54) is 32.3 Å². The lowest BCUT2D eigenvalue weighted by Crippen LogP contribution is -2.22. The highest BCUT2D eigenvalue weighted by Crippen LogP contribution is 2.25. The fraction of sp³-hybridized carbons (Fsp3) is 0.353. The Morgan fingerprint density at radius 2 is 1.81 bits per heavy atom. The molecule has 0 saturated heterocycles. The Labute approximate surface area is 150 Å². The van der Waals surface area contributed by atoms with Crippen LogP contribution in [0.4, 0.5) is 0 Å². The predicted octanol–water partition coefficient (Wildman–Crippen LogP) is 1.22. The van der Waals surface area contributed by atoms with Gasteiger partial charge in [-0.25, -0.2) is 13.2 Å². The molecule has 9 heteroatoms. The molecule has 0 aliphatic carbocycles. The van der Waals surface area contributed by atoms with Crippen LogP contribution in [0.25, 0.3) is 0 Å². The second-order valence-corrected chi connectivity index (χ2v) is 8.20. The van der Waals surface area contributed by atoms with Crippen molar-refractivity contribution in [2.75, 3.05) is 6.26 Å². The van der Waals surface area contributed by atoms with E-state index in [1.54, 1.807) is 13.8 Å². The first-order valence-electron chi connectivity index (χ1n) is 7.79. The Morgan fingerprint density at radius 1 is 1.19 bits per heavy atom. The molecule has 0 unspecified atom stereocenters. The monoisotopic (exact) mass is 380 g/mol. The molecule has 0 aliphatic heterocycles. The zero-order valence-corrected chi connectivity index (χ0v) is 15.9. The van der Waals surface area contributed by atoms with Crippen molar-refractivity contribution in [2.45, 2.75) is 31.8 Å². The highest BCUT2D eigenvalue weighted by atomic mass is 32.2. The number of ketones is 1. The third kappa shape index (κ3) is 3.62. The molecule has 1 heterocycles. The van der Waals surface area contributed by atoms with E-state index in [-0.39, 0.29) is 27.1 Å². The Hall–Kier alpha value is -2.68. The summed E-state index contributed by atoms with van der Waals surface area (Å²) < 4.78 is 30.4. The van der Waals surface area contributed by atoms with E-state index in [4.69, 9.17) is 4.74 Å². The molecule has 8 nitrogen and oxygen atoms in total. The van der Waals surface area contributed by atoms with Gasteiger partial charge in [-0.2, -0.15) is 0 Å². The summed E-state index contributed by atoms with van der Waals surface area (Å²) in [4.78, 5) is 37.0. The lowest BCUT2D eigenvalue weighted by molar-refractivity contribution is 0.0372. The Morgan fingerprint density at radius 3 is 2.27 bits per heavy atom. The second kappa shape index (κ2) is 6.91. The van der Waals surface area contributed by atoms with Gasteiger partial charge in [0.05, 0.1) is 16.6 Å². The van der Waals surface area contributed by atoms with Crippen molar-refractivity contribution in [2.24, 2.45) is 7.05 Å². The van der Waals surface area contributed by atoms with Crippen molar-refractivity contribution in [1.82, 2.24) is 9.78 Å². The molecule has 1 N–H and O–H groups in total. The van der Waals surface area contributed by atoms with E-state index < -0.39 is 33.3 Å². The van der Waals surface area contributed by atoms with Gasteiger partial charge in [0, 0.05) is 25.1 Å². The molecule has 1 aromatic heterocycles. The average molecular weight is 380 g/mol. The fourth-order valence-corrected chi connectivity index (χ4v) is 3.46. The number of aryl methyl sites for hydroxylation is 1. The minimum atomic E-state index is -3.73. The first-order chi connectivity index (χ1) is 11.9. The zero-order valence-electron chi connectivity index (χ0n) is 15.1. The molecule has 0 saturated carbocycles. The SMILES string of the molecule is Cc1c(C(=O)c2c[nH]n(C)c2=O)ccc(S(C)(=O)=O)c1C(=O)OC(C)C. The molecule has 0 spiro atoms. The summed E-state index contributed by atoms with van der Waals surface area (Å²) in [6.07, 6.45) is 1.77. The van der Waals surface area contributed by atoms with Crippen molar-refractivity contribution in [3.63, 3.8) is 0 Å². The molecule has 26 heavy (non-hydrogen) atoms. The zero-order chi connectivity index (χ0) is 19.8. The number of hydrogen-bond donors (Lipinski definition) is 1. The number of benzene rings is 1. The Balaban J connectivity index is 2.71. The number of carbonyl (C=O) groups is 2. The van der Waals surface area contributed by atoms with Crippen LogP contribution in [0, 0.1) is 6.92 Å². The molecular weight excluding hydrogens is 360 g/mol. The second-order valence-electron chi connectivity index (χ2n) is 6.22. The number of rotatable bonds is 5. The van der Waals surface area contributed by atoms with Gasteiger partial charge in [0.2, 0.25) is 0 Å². The Bertz CT molecular complexity index is 1040. The van der Waals surface area contributed by atoms with Crippen LogP contribution >= 0.6 is 0 Å². The van der Waals surface area contributed by atoms with Crippen molar-refractivity contribution in [3.8, 4) is 0 Å². The van der Waals surface area contributed by atoms with Crippen LogP contribution in [0.2, 0.25) is 0 Å². The van der Waals surface area contributed by atoms with Gasteiger partial charge < -0.3 is 9.84 Å². The largest absolute Gasteiger partial charge is 0.459 e. The molecule has 0 radical (unpaired) electrons. The summed E-state index contributed by atoms with van der Waals surface area (Å²) in [5, 5.41) is 2.60. The van der Waals surface area contributed by atoms with Crippen LogP contribution < -0.4 is 5.56 Å². The van der Waals surface area contributed by atoms with Gasteiger partial charge in [0.15, 0.2) is 15.6 Å². The van der Waals surface area contributed by atoms with E-state index in [2.05, 4.69) is 5.10 Å². The smallest absolute Gasteiger partial charge is 0.340 e. The summed E-state index contributed by atoms with van der Waals surface area (Å²) in [6, 6.07) is 2.48. The van der Waals surface area contributed by atoms with Crippen molar-refractivity contribution < 1.29 is 22.7 Å². The number of sulfone groups is 1. The van der Waals surface area contributed by atoms with Crippen molar-refractivity contribution in [1.29, 1.82) is 0 Å². The van der Waals surface area contributed by atoms with E-state index >= 15 is 0 Å². The maximum atomic E-state index is 12.7. The maximum absolute atomic E-state index is 12.7. The number of nitrogens with one attached hydrogen (secondary N) is 1. The molecule has 0 amide bonds. The number of H-pyrrole nitrogens is 1. The molecular formula is C17H20N2O6S. The van der Waals surface area contributed by atoms with Crippen LogP contribution in [0.1, 0.15) is 45.7 Å². The van der Waals surface area contributed by atoms with Gasteiger partial charge in [-0.05, 0) is 38.5 Å². The highest BCUT2D eigenvalue weighted by Gasteiger charge is 2.27. The standard InChI is InChI=1S/C17H20N2O6S/c1-9(2)25-17(22)14-10(3)11(6-7-13(14)26(5,23)24)15(20)12-8-18-19(4)16(12)21/h6-9,18H,1-5H3. The van der Waals surface area contributed by atoms with Crippen LogP contribution in [0.3, 0.4) is 0 Å². The van der Waals surface area contributed by atoms with E-state index in [0.717, 1.165) is 10.9 Å². The number of aromatic amines is 1. The van der Waals surface area contributed by atoms with Crippen LogP contribution in [0.15, 0.2) is 28.0 Å². The lowest BCUT2D eigenvalue weighted by atomic mass is 9.96. The fourth-order valence-electron chi connectivity index (χ4n) is 2.54. The van der Waals surface area contributed by atoms with Gasteiger partial charge in [0.25, 0.3) is 5.56 Å². The average Bonchev–Trinajstić information content (AvgIpc) is 2.84. The molecule has 1 aromatic carbocycles. The number of nitrogens with zero attached hydrogens (tertiary/aromatic N) is 1. The highest BCUT2D eigenvalue weighted by molar-refractivity contribution is 7.90. The third-order valence-electron chi connectivity index (χ3n) is 3.80. The van der Waals surface area contributed by atoms with Crippen LogP contribution in [-0.4, -0.2) is 42.3 Å². The first kappa shape index (κ1) is 19.6. The third-order valence-corrected chi connectivity index (χ3v) is 4.94. The Kier molecular flexibility index (Phi) is 5.22. The van der Waals surface area contributed by atoms with Gasteiger partial charge >= 0.3 is 5.97 Å². The molecule has 0 bridgehead atoms. The lowest BCUT2D eigenvalue weighted by Gasteiger charge is -2.15. The summed E-state index contributed by atoms with van der Waals surface area (Å²) in [7, 11) is -2.27. The van der Waals surface area contributed by atoms with Gasteiger partial charge in [-0.1, -0.05) is 0 Å². The van der Waals surface area contributed by atoms with Gasteiger partial charge in [0.1, 0.15) is 5.56 Å². The molecule has 0 fully saturated rings. The van der Waals surface area contributed by atoms with Crippen LogP contribution in [-0.2, 0) is 21.6 Å². The van der Waals surface area contributed by atoms with Gasteiger partial charge in [-0.15, -0.1) is 0 Å². The first-order valence-corrected chi connectivity index (χ1v) is 9.68. The quantitative estimate of drug-likeness (QED) is 0.616. The predicted molar refractivity (Wildman–Crippen MR) is 94.3 cm³/mol. The topological polar surface area (TPSA) is 115 Å². The molecule has 2 aromatic rings.